The number of para-hydroxylation sites is 1. The van der Waals surface area contributed by atoms with E-state index in [2.05, 4.69) is 0 Å². The number of amides is 2. The third-order valence-corrected chi connectivity index (χ3v) is 5.00. The van der Waals surface area contributed by atoms with E-state index in [0.29, 0.717) is 41.4 Å². The summed E-state index contributed by atoms with van der Waals surface area (Å²) in [4.78, 5) is 26.2. The Hall–Kier alpha value is -2.64. The molecule has 1 heterocycles. The maximum absolute atomic E-state index is 13.3. The van der Waals surface area contributed by atoms with Gasteiger partial charge >= 0.3 is 0 Å². The van der Waals surface area contributed by atoms with Gasteiger partial charge in [0.2, 0.25) is 0 Å². The molecule has 2 aromatic rings. The van der Waals surface area contributed by atoms with Crippen molar-refractivity contribution in [3.8, 4) is 5.75 Å². The van der Waals surface area contributed by atoms with E-state index in [1.807, 2.05) is 12.1 Å². The van der Waals surface area contributed by atoms with E-state index in [1.54, 1.807) is 37.5 Å². The van der Waals surface area contributed by atoms with Crippen LogP contribution in [0.15, 0.2) is 53.4 Å². The molecule has 0 radical (unpaired) electrons. The lowest BCUT2D eigenvalue weighted by Crippen LogP contribution is -2.29. The van der Waals surface area contributed by atoms with Crippen molar-refractivity contribution in [3.05, 3.63) is 70.4 Å². The van der Waals surface area contributed by atoms with E-state index in [4.69, 9.17) is 9.47 Å². The topological polar surface area (TPSA) is 55.8 Å². The van der Waals surface area contributed by atoms with Crippen molar-refractivity contribution in [2.75, 3.05) is 20.3 Å². The number of carbonyl (C=O) groups is 2. The number of nitrogens with zero attached hydrogens (tertiary/aromatic N) is 1. The molecule has 0 spiro atoms. The van der Waals surface area contributed by atoms with Crippen LogP contribution in [0.4, 0.5) is 9.18 Å². The van der Waals surface area contributed by atoms with Gasteiger partial charge in [-0.1, -0.05) is 30.3 Å². The van der Waals surface area contributed by atoms with Crippen molar-refractivity contribution in [3.63, 3.8) is 0 Å². The first kappa shape index (κ1) is 20.1. The molecule has 0 bridgehead atoms. The van der Waals surface area contributed by atoms with Crippen LogP contribution in [0.5, 0.6) is 5.75 Å². The van der Waals surface area contributed by atoms with Crippen molar-refractivity contribution in [2.45, 2.75) is 13.0 Å². The monoisotopic (exact) mass is 401 g/mol. The number of hydrogen-bond donors (Lipinski definition) is 0. The summed E-state index contributed by atoms with van der Waals surface area (Å²) >= 11 is 0.912. The lowest BCUT2D eigenvalue weighted by atomic mass is 10.1. The fourth-order valence-electron chi connectivity index (χ4n) is 2.72. The summed E-state index contributed by atoms with van der Waals surface area (Å²) in [6, 6.07) is 13.4. The minimum atomic E-state index is -0.323. The van der Waals surface area contributed by atoms with E-state index in [-0.39, 0.29) is 23.6 Å². The number of halogens is 1. The van der Waals surface area contributed by atoms with Crippen molar-refractivity contribution in [1.29, 1.82) is 0 Å². The van der Waals surface area contributed by atoms with Crippen LogP contribution in [-0.2, 0) is 16.1 Å². The second kappa shape index (κ2) is 9.52. The van der Waals surface area contributed by atoms with Gasteiger partial charge in [-0.15, -0.1) is 0 Å². The average molecular weight is 401 g/mol. The second-order valence-corrected chi connectivity index (χ2v) is 7.13. The molecule has 1 aliphatic heterocycles. The third kappa shape index (κ3) is 4.99. The molecular weight excluding hydrogens is 381 g/mol. The zero-order valence-corrected chi connectivity index (χ0v) is 16.2. The molecule has 1 aliphatic rings. The highest BCUT2D eigenvalue weighted by molar-refractivity contribution is 8.18. The SMILES string of the molecule is COCCCN1C(=O)S/C(=C/c2ccccc2OCc2cccc(F)c2)C1=O. The van der Waals surface area contributed by atoms with Gasteiger partial charge in [0.05, 0.1) is 4.91 Å². The highest BCUT2D eigenvalue weighted by atomic mass is 32.2. The van der Waals surface area contributed by atoms with Gasteiger partial charge in [0.25, 0.3) is 11.1 Å². The van der Waals surface area contributed by atoms with Crippen molar-refractivity contribution >= 4 is 29.0 Å². The van der Waals surface area contributed by atoms with Gasteiger partial charge in [0.1, 0.15) is 18.2 Å². The molecule has 0 N–H and O–H groups in total. The normalized spacial score (nSPS) is 15.5. The van der Waals surface area contributed by atoms with Crippen LogP contribution >= 0.6 is 11.8 Å². The van der Waals surface area contributed by atoms with Gasteiger partial charge in [-0.25, -0.2) is 4.39 Å². The lowest BCUT2D eigenvalue weighted by Gasteiger charge is -2.11. The van der Waals surface area contributed by atoms with Crippen LogP contribution in [0.1, 0.15) is 17.5 Å². The minimum Gasteiger partial charge on any atom is -0.488 e. The summed E-state index contributed by atoms with van der Waals surface area (Å²) in [6.45, 7) is 1.01. The zero-order valence-electron chi connectivity index (χ0n) is 15.4. The lowest BCUT2D eigenvalue weighted by molar-refractivity contribution is -0.122. The number of benzene rings is 2. The molecule has 0 aliphatic carbocycles. The quantitative estimate of drug-likeness (QED) is 0.482. The first-order valence-electron chi connectivity index (χ1n) is 8.79. The number of methoxy groups -OCH3 is 1. The van der Waals surface area contributed by atoms with E-state index in [9.17, 15) is 14.0 Å². The van der Waals surface area contributed by atoms with Crippen LogP contribution in [-0.4, -0.2) is 36.3 Å². The smallest absolute Gasteiger partial charge is 0.293 e. The molecule has 7 heteroatoms. The molecule has 0 aromatic heterocycles. The second-order valence-electron chi connectivity index (χ2n) is 6.14. The molecule has 1 saturated heterocycles. The van der Waals surface area contributed by atoms with E-state index in [0.717, 1.165) is 11.8 Å². The summed E-state index contributed by atoms with van der Waals surface area (Å²) in [6.07, 6.45) is 2.25. The molecule has 5 nitrogen and oxygen atoms in total. The van der Waals surface area contributed by atoms with Crippen molar-refractivity contribution < 1.29 is 23.5 Å². The Balaban J connectivity index is 1.73. The number of imide groups is 1. The summed E-state index contributed by atoms with van der Waals surface area (Å²) in [5.41, 5.74) is 1.38. The third-order valence-electron chi connectivity index (χ3n) is 4.09. The van der Waals surface area contributed by atoms with Gasteiger partial charge in [0.15, 0.2) is 0 Å². The fraction of sp³-hybridized carbons (Fsp3) is 0.238. The predicted molar refractivity (Wildman–Crippen MR) is 106 cm³/mol. The molecule has 2 amide bonds. The molecule has 3 rings (SSSR count). The van der Waals surface area contributed by atoms with Gasteiger partial charge in [-0.3, -0.25) is 14.5 Å². The van der Waals surface area contributed by atoms with Crippen molar-refractivity contribution in [2.24, 2.45) is 0 Å². The molecule has 0 atom stereocenters. The van der Waals surface area contributed by atoms with Gasteiger partial charge < -0.3 is 9.47 Å². The maximum Gasteiger partial charge on any atom is 0.293 e. The average Bonchev–Trinajstić information content (AvgIpc) is 2.95. The van der Waals surface area contributed by atoms with E-state index < -0.39 is 0 Å². The Labute approximate surface area is 167 Å². The molecule has 0 unspecified atom stereocenters. The number of carbonyl (C=O) groups excluding carboxylic acids is 2. The Kier molecular flexibility index (Phi) is 6.84. The minimum absolute atomic E-state index is 0.196. The molecule has 2 aromatic carbocycles. The first-order chi connectivity index (χ1) is 13.6. The van der Waals surface area contributed by atoms with Gasteiger partial charge in [-0.2, -0.15) is 0 Å². The Morgan fingerprint density at radius 3 is 2.75 bits per heavy atom. The highest BCUT2D eigenvalue weighted by Crippen LogP contribution is 2.34. The number of thioether (sulfide) groups is 1. The highest BCUT2D eigenvalue weighted by Gasteiger charge is 2.34. The predicted octanol–water partition coefficient (Wildman–Crippen LogP) is 4.48. The molecular formula is C21H20FNO4S. The Morgan fingerprint density at radius 2 is 1.96 bits per heavy atom. The largest absolute Gasteiger partial charge is 0.488 e. The van der Waals surface area contributed by atoms with E-state index >= 15 is 0 Å². The molecule has 28 heavy (non-hydrogen) atoms. The molecule has 146 valence electrons. The molecule has 1 fully saturated rings. The number of rotatable bonds is 8. The van der Waals surface area contributed by atoms with Crippen LogP contribution in [0.25, 0.3) is 6.08 Å². The van der Waals surface area contributed by atoms with Gasteiger partial charge in [-0.05, 0) is 48.0 Å². The summed E-state index contributed by atoms with van der Waals surface area (Å²) in [7, 11) is 1.58. The summed E-state index contributed by atoms with van der Waals surface area (Å²) in [5, 5.41) is -0.287. The molecule has 0 saturated carbocycles. The van der Waals surface area contributed by atoms with E-state index in [1.165, 1.54) is 17.0 Å². The maximum atomic E-state index is 13.3. The standard InChI is InChI=1S/C21H20FNO4S/c1-26-11-5-10-23-20(24)19(28-21(23)25)13-16-7-2-3-9-18(16)27-14-15-6-4-8-17(22)12-15/h2-4,6-9,12-13H,5,10-11,14H2,1H3/b19-13+. The zero-order chi connectivity index (χ0) is 19.9. The number of hydrogen-bond acceptors (Lipinski definition) is 5. The van der Waals surface area contributed by atoms with Gasteiger partial charge in [0, 0.05) is 25.8 Å². The summed E-state index contributed by atoms with van der Waals surface area (Å²) < 4.78 is 24.1. The van der Waals surface area contributed by atoms with Crippen LogP contribution < -0.4 is 4.74 Å². The Morgan fingerprint density at radius 1 is 1.14 bits per heavy atom. The van der Waals surface area contributed by atoms with Crippen LogP contribution in [0, 0.1) is 5.82 Å². The van der Waals surface area contributed by atoms with Crippen LogP contribution in [0.2, 0.25) is 0 Å². The van der Waals surface area contributed by atoms with Crippen LogP contribution in [0.3, 0.4) is 0 Å². The first-order valence-corrected chi connectivity index (χ1v) is 9.60. The summed E-state index contributed by atoms with van der Waals surface area (Å²) in [5.74, 6) is -0.0829. The van der Waals surface area contributed by atoms with Crippen molar-refractivity contribution in [1.82, 2.24) is 4.90 Å². The Bertz CT molecular complexity index is 899. The number of ether oxygens (including phenoxy) is 2. The fourth-order valence-corrected chi connectivity index (χ4v) is 3.58.